The van der Waals surface area contributed by atoms with Gasteiger partial charge in [0.05, 0.1) is 0 Å². The Kier molecular flexibility index (Phi) is 5.51. The van der Waals surface area contributed by atoms with E-state index in [2.05, 4.69) is 46.2 Å². The molecule has 0 spiro atoms. The van der Waals surface area contributed by atoms with E-state index in [0.29, 0.717) is 5.82 Å². The van der Waals surface area contributed by atoms with Crippen molar-refractivity contribution in [2.24, 2.45) is 0 Å². The van der Waals surface area contributed by atoms with Crippen molar-refractivity contribution in [3.63, 3.8) is 0 Å². The molecule has 0 saturated heterocycles. The maximum absolute atomic E-state index is 11.6. The van der Waals surface area contributed by atoms with Gasteiger partial charge in [-0.05, 0) is 43.1 Å². The van der Waals surface area contributed by atoms with Crippen molar-refractivity contribution in [2.75, 3.05) is 18.9 Å². The van der Waals surface area contributed by atoms with Gasteiger partial charge in [0.1, 0.15) is 10.7 Å². The third-order valence-corrected chi connectivity index (χ3v) is 4.87. The average Bonchev–Trinajstić information content (AvgIpc) is 2.56. The van der Waals surface area contributed by atoms with E-state index < -0.39 is 10.0 Å². The van der Waals surface area contributed by atoms with E-state index in [1.165, 1.54) is 30.4 Å². The molecule has 0 aliphatic heterocycles. The number of pyridine rings is 1. The van der Waals surface area contributed by atoms with Gasteiger partial charge in [0.25, 0.3) is 0 Å². The van der Waals surface area contributed by atoms with Crippen molar-refractivity contribution >= 4 is 15.8 Å². The summed E-state index contributed by atoms with van der Waals surface area (Å²) < 4.78 is 25.4. The predicted molar refractivity (Wildman–Crippen MR) is 88.5 cm³/mol. The molecule has 0 aliphatic rings. The third-order valence-electron chi connectivity index (χ3n) is 3.47. The molecule has 22 heavy (non-hydrogen) atoms. The van der Waals surface area contributed by atoms with Crippen LogP contribution in [0.1, 0.15) is 18.1 Å². The fourth-order valence-corrected chi connectivity index (χ4v) is 2.71. The average molecular weight is 319 g/mol. The van der Waals surface area contributed by atoms with Crippen LogP contribution in [0, 0.1) is 0 Å². The van der Waals surface area contributed by atoms with E-state index in [9.17, 15) is 8.42 Å². The molecule has 2 rings (SSSR count). The highest BCUT2D eigenvalue weighted by molar-refractivity contribution is 7.89. The molecule has 0 fully saturated rings. The summed E-state index contributed by atoms with van der Waals surface area (Å²) in [7, 11) is -2.05. The third kappa shape index (κ3) is 4.29. The Morgan fingerprint density at radius 1 is 1.05 bits per heavy atom. The molecule has 5 nitrogen and oxygen atoms in total. The van der Waals surface area contributed by atoms with E-state index in [4.69, 9.17) is 0 Å². The highest BCUT2D eigenvalue weighted by atomic mass is 32.2. The monoisotopic (exact) mass is 319 g/mol. The van der Waals surface area contributed by atoms with Crippen LogP contribution < -0.4 is 10.0 Å². The van der Waals surface area contributed by atoms with Crippen molar-refractivity contribution in [1.82, 2.24) is 9.71 Å². The fourth-order valence-electron chi connectivity index (χ4n) is 2.04. The van der Waals surface area contributed by atoms with Gasteiger partial charge in [-0.25, -0.2) is 18.1 Å². The number of aryl methyl sites for hydroxylation is 1. The van der Waals surface area contributed by atoms with Gasteiger partial charge in [0.15, 0.2) is 0 Å². The van der Waals surface area contributed by atoms with Gasteiger partial charge in [-0.15, -0.1) is 0 Å². The minimum atomic E-state index is -3.43. The van der Waals surface area contributed by atoms with Crippen molar-refractivity contribution in [3.05, 3.63) is 53.7 Å². The zero-order valence-corrected chi connectivity index (χ0v) is 13.7. The molecule has 0 bridgehead atoms. The topological polar surface area (TPSA) is 71.1 Å². The molecular weight excluding hydrogens is 298 g/mol. The molecule has 2 aromatic rings. The second-order valence-corrected chi connectivity index (χ2v) is 6.82. The number of nitrogens with one attached hydrogen (secondary N) is 2. The lowest BCUT2D eigenvalue weighted by atomic mass is 10.1. The first-order valence-electron chi connectivity index (χ1n) is 7.26. The summed E-state index contributed by atoms with van der Waals surface area (Å²) in [6.45, 7) is 2.89. The van der Waals surface area contributed by atoms with E-state index in [0.717, 1.165) is 19.4 Å². The van der Waals surface area contributed by atoms with E-state index >= 15 is 0 Å². The highest BCUT2D eigenvalue weighted by Gasteiger charge is 2.10. The van der Waals surface area contributed by atoms with Crippen LogP contribution in [-0.4, -0.2) is 27.0 Å². The summed E-state index contributed by atoms with van der Waals surface area (Å²) in [6.07, 6.45) is 3.29. The van der Waals surface area contributed by atoms with Gasteiger partial charge in [-0.1, -0.05) is 31.2 Å². The quantitative estimate of drug-likeness (QED) is 0.821. The summed E-state index contributed by atoms with van der Waals surface area (Å²) in [5.41, 5.74) is 2.60. The van der Waals surface area contributed by atoms with Gasteiger partial charge in [0, 0.05) is 12.7 Å². The smallest absolute Gasteiger partial charge is 0.241 e. The molecule has 0 atom stereocenters. The number of rotatable bonds is 7. The number of hydrogen-bond acceptors (Lipinski definition) is 4. The summed E-state index contributed by atoms with van der Waals surface area (Å²) in [4.78, 5) is 4.28. The molecule has 6 heteroatoms. The molecule has 1 aromatic heterocycles. The lowest BCUT2D eigenvalue weighted by Crippen LogP contribution is -2.18. The van der Waals surface area contributed by atoms with Crippen LogP contribution in [0.4, 0.5) is 5.82 Å². The molecule has 0 amide bonds. The summed E-state index contributed by atoms with van der Waals surface area (Å²) >= 11 is 0. The van der Waals surface area contributed by atoms with E-state index in [1.54, 1.807) is 6.07 Å². The number of hydrogen-bond donors (Lipinski definition) is 2. The van der Waals surface area contributed by atoms with Crippen molar-refractivity contribution in [3.8, 4) is 0 Å². The second kappa shape index (κ2) is 7.38. The Hall–Kier alpha value is -1.92. The molecule has 0 aliphatic carbocycles. The van der Waals surface area contributed by atoms with Gasteiger partial charge in [0.2, 0.25) is 10.0 Å². The highest BCUT2D eigenvalue weighted by Crippen LogP contribution is 2.11. The SMILES string of the molecule is CCc1ccc(CCNc2ccc(S(=O)(=O)NC)cn2)cc1. The van der Waals surface area contributed by atoms with Crippen LogP contribution in [0.15, 0.2) is 47.5 Å². The molecule has 2 N–H and O–H groups in total. The van der Waals surface area contributed by atoms with Gasteiger partial charge in [-0.3, -0.25) is 0 Å². The maximum atomic E-state index is 11.6. The Morgan fingerprint density at radius 2 is 1.73 bits per heavy atom. The van der Waals surface area contributed by atoms with Crippen molar-refractivity contribution in [1.29, 1.82) is 0 Å². The van der Waals surface area contributed by atoms with Crippen LogP contribution in [0.2, 0.25) is 0 Å². The molecule has 118 valence electrons. The van der Waals surface area contributed by atoms with Gasteiger partial charge < -0.3 is 5.32 Å². The molecular formula is C16H21N3O2S. The first kappa shape index (κ1) is 16.5. The lowest BCUT2D eigenvalue weighted by Gasteiger charge is -2.07. The zero-order chi connectivity index (χ0) is 16.0. The maximum Gasteiger partial charge on any atom is 0.241 e. The zero-order valence-electron chi connectivity index (χ0n) is 12.8. The normalized spacial score (nSPS) is 11.4. The molecule has 0 saturated carbocycles. The van der Waals surface area contributed by atoms with Crippen molar-refractivity contribution < 1.29 is 8.42 Å². The van der Waals surface area contributed by atoms with Crippen LogP contribution >= 0.6 is 0 Å². The minimum Gasteiger partial charge on any atom is -0.370 e. The Bertz CT molecular complexity index is 695. The summed E-state index contributed by atoms with van der Waals surface area (Å²) in [6, 6.07) is 11.8. The molecule has 1 aromatic carbocycles. The van der Waals surface area contributed by atoms with Gasteiger partial charge >= 0.3 is 0 Å². The Balaban J connectivity index is 1.89. The van der Waals surface area contributed by atoms with E-state index in [1.807, 2.05) is 0 Å². The van der Waals surface area contributed by atoms with E-state index in [-0.39, 0.29) is 4.90 Å². The number of aromatic nitrogens is 1. The number of anilines is 1. The first-order valence-corrected chi connectivity index (χ1v) is 8.75. The summed E-state index contributed by atoms with van der Waals surface area (Å²) in [5.74, 6) is 0.667. The number of nitrogens with zero attached hydrogens (tertiary/aromatic N) is 1. The molecule has 0 radical (unpaired) electrons. The van der Waals surface area contributed by atoms with Gasteiger partial charge in [-0.2, -0.15) is 0 Å². The van der Waals surface area contributed by atoms with Crippen molar-refractivity contribution in [2.45, 2.75) is 24.7 Å². The Morgan fingerprint density at radius 3 is 2.27 bits per heavy atom. The minimum absolute atomic E-state index is 0.163. The largest absolute Gasteiger partial charge is 0.370 e. The predicted octanol–water partition coefficient (Wildman–Crippen LogP) is 2.21. The number of sulfonamides is 1. The van der Waals surface area contributed by atoms with Crippen LogP contribution in [-0.2, 0) is 22.9 Å². The standard InChI is InChI=1S/C16H21N3O2S/c1-3-13-4-6-14(7-5-13)10-11-18-16-9-8-15(12-19-16)22(20,21)17-2/h4-9,12,17H,3,10-11H2,1-2H3,(H,18,19). The van der Waals surface area contributed by atoms with Crippen LogP contribution in [0.5, 0.6) is 0 Å². The number of benzene rings is 1. The van der Waals surface area contributed by atoms with Crippen LogP contribution in [0.3, 0.4) is 0 Å². The molecule has 1 heterocycles. The lowest BCUT2D eigenvalue weighted by molar-refractivity contribution is 0.588. The van der Waals surface area contributed by atoms with Crippen LogP contribution in [0.25, 0.3) is 0 Å². The fraction of sp³-hybridized carbons (Fsp3) is 0.312. The second-order valence-electron chi connectivity index (χ2n) is 4.93. The first-order chi connectivity index (χ1) is 10.5. The summed E-state index contributed by atoms with van der Waals surface area (Å²) in [5, 5.41) is 3.19. The molecule has 0 unspecified atom stereocenters. The Labute approximate surface area is 131 Å².